The first kappa shape index (κ1) is 13.6. The number of hydrogen-bond donors (Lipinski definition) is 3. The molecule has 0 radical (unpaired) electrons. The van der Waals surface area contributed by atoms with Gasteiger partial charge in [-0.05, 0) is 37.6 Å². The fourth-order valence-corrected chi connectivity index (χ4v) is 2.91. The SMILES string of the molecule is CC(=N)/C(=C(/C)O)c1ccc2[nH]c3ccnc(Cl)c3c2c1. The minimum absolute atomic E-state index is 0.130. The van der Waals surface area contributed by atoms with Gasteiger partial charge in [-0.3, -0.25) is 0 Å². The summed E-state index contributed by atoms with van der Waals surface area (Å²) in [4.78, 5) is 7.40. The smallest absolute Gasteiger partial charge is 0.138 e. The Morgan fingerprint density at radius 2 is 2.00 bits per heavy atom. The summed E-state index contributed by atoms with van der Waals surface area (Å²) >= 11 is 6.20. The van der Waals surface area contributed by atoms with Gasteiger partial charge in [-0.1, -0.05) is 17.7 Å². The molecule has 0 aliphatic carbocycles. The van der Waals surface area contributed by atoms with Crippen LogP contribution >= 0.6 is 11.6 Å². The molecule has 21 heavy (non-hydrogen) atoms. The van der Waals surface area contributed by atoms with Crippen LogP contribution < -0.4 is 0 Å². The number of rotatable bonds is 2. The summed E-state index contributed by atoms with van der Waals surface area (Å²) in [5.74, 6) is 0.130. The molecule has 5 heteroatoms. The first-order valence-corrected chi connectivity index (χ1v) is 6.88. The zero-order valence-electron chi connectivity index (χ0n) is 11.7. The van der Waals surface area contributed by atoms with E-state index in [2.05, 4.69) is 9.97 Å². The number of hydrogen-bond acceptors (Lipinski definition) is 3. The molecule has 2 heterocycles. The van der Waals surface area contributed by atoms with Gasteiger partial charge in [0, 0.05) is 33.8 Å². The summed E-state index contributed by atoms with van der Waals surface area (Å²) in [6, 6.07) is 7.60. The van der Waals surface area contributed by atoms with E-state index in [1.165, 1.54) is 0 Å². The van der Waals surface area contributed by atoms with Crippen molar-refractivity contribution in [2.75, 3.05) is 0 Å². The first-order chi connectivity index (χ1) is 9.99. The van der Waals surface area contributed by atoms with E-state index in [0.717, 1.165) is 27.4 Å². The topological polar surface area (TPSA) is 72.8 Å². The average molecular weight is 300 g/mol. The predicted molar refractivity (Wildman–Crippen MR) is 87.2 cm³/mol. The standard InChI is InChI=1S/C16H14ClN3O/c1-8(18)14(9(2)21)10-3-4-12-11(7-10)15-13(20-12)5-6-19-16(15)17/h3-7,18,20-21H,1-2H3/b14-9+,18-8?. The van der Waals surface area contributed by atoms with Crippen molar-refractivity contribution >= 4 is 44.7 Å². The fourth-order valence-electron chi connectivity index (χ4n) is 2.65. The van der Waals surface area contributed by atoms with Gasteiger partial charge in [-0.15, -0.1) is 0 Å². The highest BCUT2D eigenvalue weighted by Gasteiger charge is 2.13. The number of aliphatic hydroxyl groups excluding tert-OH is 1. The molecule has 0 atom stereocenters. The summed E-state index contributed by atoms with van der Waals surface area (Å²) in [6.45, 7) is 3.24. The van der Waals surface area contributed by atoms with Crippen molar-refractivity contribution in [2.24, 2.45) is 0 Å². The molecule has 4 nitrogen and oxygen atoms in total. The van der Waals surface area contributed by atoms with Gasteiger partial charge in [0.25, 0.3) is 0 Å². The van der Waals surface area contributed by atoms with Gasteiger partial charge in [-0.2, -0.15) is 0 Å². The molecule has 1 aromatic carbocycles. The molecule has 0 spiro atoms. The number of aromatic amines is 1. The molecular weight excluding hydrogens is 286 g/mol. The number of nitrogens with one attached hydrogen (secondary N) is 2. The van der Waals surface area contributed by atoms with Crippen molar-refractivity contribution in [2.45, 2.75) is 13.8 Å². The van der Waals surface area contributed by atoms with Crippen molar-refractivity contribution in [1.82, 2.24) is 9.97 Å². The molecule has 2 aromatic heterocycles. The Morgan fingerprint density at radius 1 is 1.24 bits per heavy atom. The van der Waals surface area contributed by atoms with Gasteiger partial charge in [0.15, 0.2) is 0 Å². The number of halogens is 1. The molecule has 0 bridgehead atoms. The number of allylic oxidation sites excluding steroid dienone is 2. The highest BCUT2D eigenvalue weighted by atomic mass is 35.5. The van der Waals surface area contributed by atoms with Crippen LogP contribution in [0.5, 0.6) is 0 Å². The van der Waals surface area contributed by atoms with E-state index in [1.54, 1.807) is 20.0 Å². The molecule has 0 amide bonds. The molecule has 0 saturated heterocycles. The number of nitrogens with zero attached hydrogens (tertiary/aromatic N) is 1. The van der Waals surface area contributed by atoms with Crippen molar-refractivity contribution < 1.29 is 5.11 Å². The van der Waals surface area contributed by atoms with Gasteiger partial charge >= 0.3 is 0 Å². The number of aromatic nitrogens is 2. The quantitative estimate of drug-likeness (QED) is 0.364. The zero-order valence-corrected chi connectivity index (χ0v) is 12.4. The summed E-state index contributed by atoms with van der Waals surface area (Å²) < 4.78 is 0. The molecule has 0 unspecified atom stereocenters. The normalized spacial score (nSPS) is 12.7. The molecular formula is C16H14ClN3O. The van der Waals surface area contributed by atoms with E-state index in [9.17, 15) is 5.11 Å². The van der Waals surface area contributed by atoms with Crippen LogP contribution in [0.4, 0.5) is 0 Å². The Balaban J connectivity index is 2.36. The fraction of sp³-hybridized carbons (Fsp3) is 0.125. The monoisotopic (exact) mass is 299 g/mol. The van der Waals surface area contributed by atoms with E-state index in [1.807, 2.05) is 24.3 Å². The predicted octanol–water partition coefficient (Wildman–Crippen LogP) is 4.70. The van der Waals surface area contributed by atoms with Crippen LogP contribution in [0.15, 0.2) is 36.2 Å². The van der Waals surface area contributed by atoms with Crippen LogP contribution in [0.3, 0.4) is 0 Å². The van der Waals surface area contributed by atoms with Crippen LogP contribution in [0, 0.1) is 5.41 Å². The number of fused-ring (bicyclic) bond motifs is 3. The molecule has 3 N–H and O–H groups in total. The van der Waals surface area contributed by atoms with Gasteiger partial charge in [-0.25, -0.2) is 4.98 Å². The van der Waals surface area contributed by atoms with E-state index >= 15 is 0 Å². The van der Waals surface area contributed by atoms with E-state index in [4.69, 9.17) is 17.0 Å². The third-order valence-electron chi connectivity index (χ3n) is 3.49. The second-order valence-electron chi connectivity index (χ2n) is 5.00. The summed E-state index contributed by atoms with van der Waals surface area (Å²) in [5, 5.41) is 19.9. The Labute approximate surface area is 126 Å². The average Bonchev–Trinajstić information content (AvgIpc) is 2.77. The third-order valence-corrected chi connectivity index (χ3v) is 3.78. The highest BCUT2D eigenvalue weighted by molar-refractivity contribution is 6.36. The van der Waals surface area contributed by atoms with E-state index in [-0.39, 0.29) is 5.76 Å². The Hall–Kier alpha value is -2.33. The van der Waals surface area contributed by atoms with Gasteiger partial charge < -0.3 is 15.5 Å². The minimum atomic E-state index is 0.130. The molecule has 0 fully saturated rings. The molecule has 0 aliphatic rings. The zero-order chi connectivity index (χ0) is 15.1. The molecule has 0 saturated carbocycles. The second kappa shape index (κ2) is 4.90. The lowest BCUT2D eigenvalue weighted by Gasteiger charge is -2.08. The third kappa shape index (κ3) is 2.17. The van der Waals surface area contributed by atoms with Crippen LogP contribution in [-0.2, 0) is 0 Å². The minimum Gasteiger partial charge on any atom is -0.512 e. The van der Waals surface area contributed by atoms with Crippen molar-refractivity contribution in [3.63, 3.8) is 0 Å². The molecule has 106 valence electrons. The number of pyridine rings is 1. The van der Waals surface area contributed by atoms with Crippen molar-refractivity contribution in [3.05, 3.63) is 46.9 Å². The maximum absolute atomic E-state index is 9.82. The van der Waals surface area contributed by atoms with Crippen LogP contribution in [0.25, 0.3) is 27.4 Å². The maximum Gasteiger partial charge on any atom is 0.138 e. The number of aliphatic hydroxyl groups is 1. The maximum atomic E-state index is 9.82. The first-order valence-electron chi connectivity index (χ1n) is 6.50. The van der Waals surface area contributed by atoms with Crippen molar-refractivity contribution in [3.8, 4) is 0 Å². The number of benzene rings is 1. The van der Waals surface area contributed by atoms with Crippen LogP contribution in [0.1, 0.15) is 19.4 Å². The number of H-pyrrole nitrogens is 1. The lowest BCUT2D eigenvalue weighted by Crippen LogP contribution is -1.98. The molecule has 0 aliphatic heterocycles. The summed E-state index contributed by atoms with van der Waals surface area (Å²) in [5.41, 5.74) is 3.50. The van der Waals surface area contributed by atoms with Gasteiger partial charge in [0.2, 0.25) is 0 Å². The lowest BCUT2D eigenvalue weighted by molar-refractivity contribution is 0.418. The van der Waals surface area contributed by atoms with E-state index in [0.29, 0.717) is 16.4 Å². The van der Waals surface area contributed by atoms with Crippen molar-refractivity contribution in [1.29, 1.82) is 5.41 Å². The Morgan fingerprint density at radius 3 is 2.67 bits per heavy atom. The largest absolute Gasteiger partial charge is 0.512 e. The highest BCUT2D eigenvalue weighted by Crippen LogP contribution is 2.32. The van der Waals surface area contributed by atoms with Gasteiger partial charge in [0.05, 0.1) is 11.3 Å². The van der Waals surface area contributed by atoms with Crippen LogP contribution in [-0.4, -0.2) is 20.8 Å². The second-order valence-corrected chi connectivity index (χ2v) is 5.35. The summed E-state index contributed by atoms with van der Waals surface area (Å²) in [6.07, 6.45) is 1.66. The summed E-state index contributed by atoms with van der Waals surface area (Å²) in [7, 11) is 0. The van der Waals surface area contributed by atoms with Gasteiger partial charge in [0.1, 0.15) is 5.15 Å². The molecule has 3 aromatic rings. The van der Waals surface area contributed by atoms with Crippen LogP contribution in [0.2, 0.25) is 5.15 Å². The Bertz CT molecular complexity index is 904. The lowest BCUT2D eigenvalue weighted by atomic mass is 9.99. The van der Waals surface area contributed by atoms with E-state index < -0.39 is 0 Å². The molecule has 3 rings (SSSR count). The Kier molecular flexibility index (Phi) is 3.18.